The fraction of sp³-hybridized carbons (Fsp3) is 1.00. The first-order valence-electron chi connectivity index (χ1n) is 6.89. The van der Waals surface area contributed by atoms with E-state index in [1.165, 1.54) is 19.3 Å². The second-order valence-corrected chi connectivity index (χ2v) is 7.45. The summed E-state index contributed by atoms with van der Waals surface area (Å²) in [5, 5.41) is 3.21. The molecule has 0 aromatic carbocycles. The zero-order valence-corrected chi connectivity index (χ0v) is 12.5. The minimum Gasteiger partial charge on any atom is -0.316 e. The van der Waals surface area contributed by atoms with Gasteiger partial charge < -0.3 is 5.32 Å². The summed E-state index contributed by atoms with van der Waals surface area (Å²) in [6.07, 6.45) is 5.68. The van der Waals surface area contributed by atoms with Crippen molar-refractivity contribution in [1.29, 1.82) is 0 Å². The molecule has 0 saturated heterocycles. The van der Waals surface area contributed by atoms with Crippen LogP contribution in [0.2, 0.25) is 0 Å². The molecule has 4 heteroatoms. The van der Waals surface area contributed by atoms with Crippen LogP contribution in [0.4, 0.5) is 0 Å². The number of sulfone groups is 1. The van der Waals surface area contributed by atoms with Gasteiger partial charge in [0.05, 0.1) is 11.5 Å². The molecule has 104 valence electrons. The van der Waals surface area contributed by atoms with Crippen molar-refractivity contribution in [2.75, 3.05) is 24.6 Å². The Morgan fingerprint density at radius 3 is 2.29 bits per heavy atom. The molecule has 0 radical (unpaired) electrons. The lowest BCUT2D eigenvalue weighted by Gasteiger charge is -2.07. The standard InChI is InChI=1S/C13H29NO2S/c1-4-5-6-7-9-14-10-12-17(15,16)11-8-13(2)3/h13-14H,4-12H2,1-3H3. The third-order valence-corrected chi connectivity index (χ3v) is 4.49. The fourth-order valence-electron chi connectivity index (χ4n) is 1.55. The van der Waals surface area contributed by atoms with Crippen molar-refractivity contribution >= 4 is 9.84 Å². The summed E-state index contributed by atoms with van der Waals surface area (Å²) in [7, 11) is -2.84. The van der Waals surface area contributed by atoms with Gasteiger partial charge in [-0.05, 0) is 25.3 Å². The van der Waals surface area contributed by atoms with Gasteiger partial charge in [0.2, 0.25) is 0 Å². The first-order valence-corrected chi connectivity index (χ1v) is 8.71. The average molecular weight is 263 g/mol. The van der Waals surface area contributed by atoms with E-state index in [-0.39, 0.29) is 5.75 Å². The molecule has 0 amide bonds. The normalized spacial score (nSPS) is 12.2. The molecule has 0 fully saturated rings. The molecule has 0 aliphatic carbocycles. The zero-order valence-electron chi connectivity index (χ0n) is 11.7. The predicted molar refractivity (Wildman–Crippen MR) is 75.1 cm³/mol. The smallest absolute Gasteiger partial charge is 0.151 e. The molecule has 0 saturated carbocycles. The monoisotopic (exact) mass is 263 g/mol. The lowest BCUT2D eigenvalue weighted by molar-refractivity contribution is 0.566. The average Bonchev–Trinajstić information content (AvgIpc) is 2.25. The van der Waals surface area contributed by atoms with Crippen molar-refractivity contribution in [2.45, 2.75) is 52.9 Å². The van der Waals surface area contributed by atoms with Crippen LogP contribution in [0.1, 0.15) is 52.9 Å². The molecule has 0 aromatic rings. The first kappa shape index (κ1) is 16.9. The SMILES string of the molecule is CCCCCCNCCS(=O)(=O)CCC(C)C. The minimum atomic E-state index is -2.84. The Morgan fingerprint density at radius 1 is 1.00 bits per heavy atom. The number of hydrogen-bond acceptors (Lipinski definition) is 3. The summed E-state index contributed by atoms with van der Waals surface area (Å²) >= 11 is 0. The zero-order chi connectivity index (χ0) is 13.1. The van der Waals surface area contributed by atoms with Gasteiger partial charge >= 0.3 is 0 Å². The highest BCUT2D eigenvalue weighted by Gasteiger charge is 2.10. The van der Waals surface area contributed by atoms with Gasteiger partial charge in [-0.2, -0.15) is 0 Å². The number of rotatable bonds is 11. The van der Waals surface area contributed by atoms with Gasteiger partial charge in [-0.25, -0.2) is 8.42 Å². The highest BCUT2D eigenvalue weighted by atomic mass is 32.2. The van der Waals surface area contributed by atoms with E-state index in [0.29, 0.717) is 18.2 Å². The van der Waals surface area contributed by atoms with Crippen molar-refractivity contribution in [1.82, 2.24) is 5.32 Å². The number of hydrogen-bond donors (Lipinski definition) is 1. The summed E-state index contributed by atoms with van der Waals surface area (Å²) in [6, 6.07) is 0. The molecule has 0 aromatic heterocycles. The van der Waals surface area contributed by atoms with Crippen molar-refractivity contribution < 1.29 is 8.42 Å². The highest BCUT2D eigenvalue weighted by molar-refractivity contribution is 7.91. The van der Waals surface area contributed by atoms with Gasteiger partial charge in [0, 0.05) is 6.54 Å². The fourth-order valence-corrected chi connectivity index (χ4v) is 3.04. The molecule has 0 spiro atoms. The predicted octanol–water partition coefficient (Wildman–Crippen LogP) is 2.62. The lowest BCUT2D eigenvalue weighted by atomic mass is 10.2. The molecular formula is C13H29NO2S. The molecule has 1 N–H and O–H groups in total. The van der Waals surface area contributed by atoms with Crippen LogP contribution in [0, 0.1) is 5.92 Å². The van der Waals surface area contributed by atoms with Crippen molar-refractivity contribution in [2.24, 2.45) is 5.92 Å². The van der Waals surface area contributed by atoms with Crippen LogP contribution in [0.5, 0.6) is 0 Å². The van der Waals surface area contributed by atoms with Crippen LogP contribution in [-0.2, 0) is 9.84 Å². The molecule has 0 atom stereocenters. The molecule has 3 nitrogen and oxygen atoms in total. The van der Waals surface area contributed by atoms with Gasteiger partial charge in [-0.15, -0.1) is 0 Å². The molecule has 0 bridgehead atoms. The Hall–Kier alpha value is -0.0900. The van der Waals surface area contributed by atoms with Gasteiger partial charge in [-0.3, -0.25) is 0 Å². The second-order valence-electron chi connectivity index (χ2n) is 5.15. The summed E-state index contributed by atoms with van der Waals surface area (Å²) in [6.45, 7) is 7.85. The molecule has 0 heterocycles. The van der Waals surface area contributed by atoms with Gasteiger partial charge in [0.1, 0.15) is 0 Å². The van der Waals surface area contributed by atoms with E-state index in [9.17, 15) is 8.42 Å². The summed E-state index contributed by atoms with van der Waals surface area (Å²) in [5.74, 6) is 1.09. The van der Waals surface area contributed by atoms with Crippen LogP contribution in [0.15, 0.2) is 0 Å². The van der Waals surface area contributed by atoms with E-state index in [0.717, 1.165) is 19.4 Å². The number of nitrogens with one attached hydrogen (secondary N) is 1. The van der Waals surface area contributed by atoms with Crippen molar-refractivity contribution in [3.63, 3.8) is 0 Å². The van der Waals surface area contributed by atoms with Crippen molar-refractivity contribution in [3.8, 4) is 0 Å². The van der Waals surface area contributed by atoms with Crippen LogP contribution in [-0.4, -0.2) is 33.0 Å². The van der Waals surface area contributed by atoms with Gasteiger partial charge in [-0.1, -0.05) is 40.0 Å². The summed E-state index contributed by atoms with van der Waals surface area (Å²) < 4.78 is 23.3. The quantitative estimate of drug-likeness (QED) is 0.583. The van der Waals surface area contributed by atoms with Gasteiger partial charge in [0.15, 0.2) is 9.84 Å². The topological polar surface area (TPSA) is 46.2 Å². The van der Waals surface area contributed by atoms with E-state index in [4.69, 9.17) is 0 Å². The Kier molecular flexibility index (Phi) is 9.84. The van der Waals surface area contributed by atoms with E-state index in [1.807, 2.05) is 0 Å². The molecule has 0 aliphatic heterocycles. The third-order valence-electron chi connectivity index (χ3n) is 2.80. The molecule has 17 heavy (non-hydrogen) atoms. The van der Waals surface area contributed by atoms with Crippen LogP contribution in [0.25, 0.3) is 0 Å². The maximum absolute atomic E-state index is 11.6. The Bertz CT molecular complexity index is 261. The minimum absolute atomic E-state index is 0.285. The van der Waals surface area contributed by atoms with Crippen LogP contribution < -0.4 is 5.32 Å². The molecule has 0 aliphatic rings. The Balaban J connectivity index is 3.46. The second kappa shape index (κ2) is 9.89. The van der Waals surface area contributed by atoms with E-state index >= 15 is 0 Å². The Labute approximate surface area is 107 Å². The maximum atomic E-state index is 11.6. The summed E-state index contributed by atoms with van der Waals surface area (Å²) in [5.41, 5.74) is 0. The molecule has 0 unspecified atom stereocenters. The maximum Gasteiger partial charge on any atom is 0.151 e. The van der Waals surface area contributed by atoms with E-state index < -0.39 is 9.84 Å². The van der Waals surface area contributed by atoms with Crippen LogP contribution in [0.3, 0.4) is 0 Å². The molecule has 0 rings (SSSR count). The van der Waals surface area contributed by atoms with E-state index in [1.54, 1.807) is 0 Å². The summed E-state index contributed by atoms with van der Waals surface area (Å²) in [4.78, 5) is 0. The highest BCUT2D eigenvalue weighted by Crippen LogP contribution is 2.03. The van der Waals surface area contributed by atoms with Gasteiger partial charge in [0.25, 0.3) is 0 Å². The third kappa shape index (κ3) is 12.2. The van der Waals surface area contributed by atoms with Crippen LogP contribution >= 0.6 is 0 Å². The first-order chi connectivity index (χ1) is 7.98. The lowest BCUT2D eigenvalue weighted by Crippen LogP contribution is -2.25. The van der Waals surface area contributed by atoms with E-state index in [2.05, 4.69) is 26.1 Å². The largest absolute Gasteiger partial charge is 0.316 e. The van der Waals surface area contributed by atoms with Crippen molar-refractivity contribution in [3.05, 3.63) is 0 Å². The number of unbranched alkanes of at least 4 members (excludes halogenated alkanes) is 3. The molecular weight excluding hydrogens is 234 g/mol. The Morgan fingerprint density at radius 2 is 1.71 bits per heavy atom.